The van der Waals surface area contributed by atoms with Crippen LogP contribution in [0.3, 0.4) is 0 Å². The molecular weight excluding hydrogens is 550 g/mol. The molecule has 0 radical (unpaired) electrons. The lowest BCUT2D eigenvalue weighted by Gasteiger charge is -2.11. The van der Waals surface area contributed by atoms with Gasteiger partial charge in [-0.2, -0.15) is 0 Å². The van der Waals surface area contributed by atoms with Crippen molar-refractivity contribution in [3.63, 3.8) is 0 Å². The predicted molar refractivity (Wildman–Crippen MR) is 184 cm³/mol. The smallest absolute Gasteiger partial charge is 0.164 e. The molecule has 2 aromatic heterocycles. The maximum Gasteiger partial charge on any atom is 0.164 e. The Hall–Kier alpha value is -6.13. The monoisotopic (exact) mass is 575 g/mol. The van der Waals surface area contributed by atoms with Crippen molar-refractivity contribution in [3.05, 3.63) is 152 Å². The molecule has 9 rings (SSSR count). The lowest BCUT2D eigenvalue weighted by Crippen LogP contribution is -2.00. The predicted octanol–water partition coefficient (Wildman–Crippen LogP) is 10.7. The summed E-state index contributed by atoms with van der Waals surface area (Å²) in [5, 5.41) is 6.87. The van der Waals surface area contributed by atoms with Crippen molar-refractivity contribution in [3.8, 4) is 45.3 Å². The molecule has 4 heteroatoms. The van der Waals surface area contributed by atoms with E-state index in [0.29, 0.717) is 17.5 Å². The number of hydrogen-bond donors (Lipinski definition) is 0. The molecule has 0 aliphatic heterocycles. The van der Waals surface area contributed by atoms with E-state index in [1.165, 1.54) is 16.2 Å². The van der Waals surface area contributed by atoms with Crippen LogP contribution in [0.1, 0.15) is 0 Å². The van der Waals surface area contributed by atoms with Crippen LogP contribution in [0.4, 0.5) is 0 Å². The molecule has 7 aromatic carbocycles. The van der Waals surface area contributed by atoms with Crippen LogP contribution >= 0.6 is 0 Å². The summed E-state index contributed by atoms with van der Waals surface area (Å²) in [6.07, 6.45) is 0. The molecule has 45 heavy (non-hydrogen) atoms. The van der Waals surface area contributed by atoms with E-state index in [2.05, 4.69) is 109 Å². The normalized spacial score (nSPS) is 11.6. The van der Waals surface area contributed by atoms with Gasteiger partial charge in [0.25, 0.3) is 0 Å². The molecule has 210 valence electrons. The fourth-order valence-corrected chi connectivity index (χ4v) is 6.25. The zero-order valence-electron chi connectivity index (χ0n) is 24.2. The van der Waals surface area contributed by atoms with E-state index < -0.39 is 0 Å². The Morgan fingerprint density at radius 1 is 0.356 bits per heavy atom. The quantitative estimate of drug-likeness (QED) is 0.209. The van der Waals surface area contributed by atoms with Crippen molar-refractivity contribution in [1.82, 2.24) is 15.0 Å². The average Bonchev–Trinajstić information content (AvgIpc) is 3.50. The minimum Gasteiger partial charge on any atom is -0.456 e. The molecule has 0 spiro atoms. The Morgan fingerprint density at radius 2 is 0.911 bits per heavy atom. The van der Waals surface area contributed by atoms with E-state index in [9.17, 15) is 0 Å². The number of furan rings is 1. The molecule has 0 saturated carbocycles. The first-order valence-electron chi connectivity index (χ1n) is 15.0. The Morgan fingerprint density at radius 3 is 1.64 bits per heavy atom. The van der Waals surface area contributed by atoms with Crippen LogP contribution in [0.2, 0.25) is 0 Å². The largest absolute Gasteiger partial charge is 0.456 e. The first kappa shape index (κ1) is 25.4. The van der Waals surface area contributed by atoms with E-state index >= 15 is 0 Å². The summed E-state index contributed by atoms with van der Waals surface area (Å²) >= 11 is 0. The van der Waals surface area contributed by atoms with Crippen molar-refractivity contribution >= 4 is 43.5 Å². The maximum atomic E-state index is 6.47. The highest BCUT2D eigenvalue weighted by Crippen LogP contribution is 2.40. The fraction of sp³-hybridized carbons (Fsp3) is 0. The number of nitrogens with zero attached hydrogens (tertiary/aromatic N) is 3. The molecule has 0 unspecified atom stereocenters. The number of rotatable bonds is 4. The van der Waals surface area contributed by atoms with Crippen LogP contribution < -0.4 is 0 Å². The standard InChI is InChI=1S/C41H25N3O/c1-2-12-28(13-3-1)39-42-40(32-21-19-27-11-5-7-15-30(27)23-32)44-41(43-39)33-24-35(31-20-18-26-10-4-6-14-29(26)22-31)38-34-16-8-9-17-36(34)45-37(38)25-33/h1-25H. The van der Waals surface area contributed by atoms with Crippen LogP contribution in [0.5, 0.6) is 0 Å². The van der Waals surface area contributed by atoms with Crippen LogP contribution in [0, 0.1) is 0 Å². The van der Waals surface area contributed by atoms with Crippen LogP contribution in [0.25, 0.3) is 88.8 Å². The molecule has 9 aromatic rings. The van der Waals surface area contributed by atoms with Gasteiger partial charge in [-0.1, -0.05) is 121 Å². The van der Waals surface area contributed by atoms with E-state index in [-0.39, 0.29) is 0 Å². The average molecular weight is 576 g/mol. The van der Waals surface area contributed by atoms with Gasteiger partial charge in [0.15, 0.2) is 17.5 Å². The molecule has 0 atom stereocenters. The Kier molecular flexibility index (Phi) is 5.78. The van der Waals surface area contributed by atoms with Gasteiger partial charge in [0, 0.05) is 27.5 Å². The third-order valence-electron chi connectivity index (χ3n) is 8.47. The first-order valence-corrected chi connectivity index (χ1v) is 15.0. The van der Waals surface area contributed by atoms with Crippen molar-refractivity contribution in [2.45, 2.75) is 0 Å². The molecule has 2 heterocycles. The van der Waals surface area contributed by atoms with Gasteiger partial charge in [0.05, 0.1) is 0 Å². The SMILES string of the molecule is c1ccc(-c2nc(-c3ccc4ccccc4c3)nc(-c3cc(-c4ccc5ccccc5c4)c4c(c3)oc3ccccc34)n2)cc1. The topological polar surface area (TPSA) is 51.8 Å². The van der Waals surface area contributed by atoms with Crippen molar-refractivity contribution in [1.29, 1.82) is 0 Å². The third kappa shape index (κ3) is 4.43. The van der Waals surface area contributed by atoms with E-state index in [1.807, 2.05) is 42.5 Å². The molecule has 0 aliphatic carbocycles. The second kappa shape index (κ2) is 10.2. The zero-order chi connectivity index (χ0) is 29.7. The van der Waals surface area contributed by atoms with E-state index in [4.69, 9.17) is 19.4 Å². The Labute approximate surface area is 259 Å². The second-order valence-corrected chi connectivity index (χ2v) is 11.3. The Bertz CT molecular complexity index is 2550. The molecule has 0 bridgehead atoms. The molecule has 0 saturated heterocycles. The minimum absolute atomic E-state index is 0.594. The van der Waals surface area contributed by atoms with Crippen LogP contribution in [-0.2, 0) is 0 Å². The summed E-state index contributed by atoms with van der Waals surface area (Å²) in [5.41, 5.74) is 6.57. The zero-order valence-corrected chi connectivity index (χ0v) is 24.2. The summed E-state index contributed by atoms with van der Waals surface area (Å²) in [6, 6.07) is 52.3. The molecule has 0 amide bonds. The van der Waals surface area contributed by atoms with Gasteiger partial charge in [-0.3, -0.25) is 0 Å². The number of hydrogen-bond acceptors (Lipinski definition) is 4. The van der Waals surface area contributed by atoms with Crippen LogP contribution in [0.15, 0.2) is 156 Å². The van der Waals surface area contributed by atoms with Crippen LogP contribution in [-0.4, -0.2) is 15.0 Å². The van der Waals surface area contributed by atoms with E-state index in [0.717, 1.165) is 55.1 Å². The van der Waals surface area contributed by atoms with Gasteiger partial charge in [0.1, 0.15) is 11.2 Å². The minimum atomic E-state index is 0.594. The summed E-state index contributed by atoms with van der Waals surface area (Å²) in [6.45, 7) is 0. The molecule has 0 N–H and O–H groups in total. The van der Waals surface area contributed by atoms with Gasteiger partial charge < -0.3 is 4.42 Å². The maximum absolute atomic E-state index is 6.47. The van der Waals surface area contributed by atoms with Crippen molar-refractivity contribution in [2.75, 3.05) is 0 Å². The summed E-state index contributed by atoms with van der Waals surface area (Å²) in [4.78, 5) is 15.1. The van der Waals surface area contributed by atoms with Gasteiger partial charge >= 0.3 is 0 Å². The number of fused-ring (bicyclic) bond motifs is 5. The van der Waals surface area contributed by atoms with Gasteiger partial charge in [-0.05, 0) is 63.0 Å². The summed E-state index contributed by atoms with van der Waals surface area (Å²) in [5.74, 6) is 1.85. The Balaban J connectivity index is 1.31. The third-order valence-corrected chi connectivity index (χ3v) is 8.47. The molecular formula is C41H25N3O. The molecule has 0 aliphatic rings. The number of para-hydroxylation sites is 1. The number of aromatic nitrogens is 3. The number of benzene rings is 7. The molecule has 4 nitrogen and oxygen atoms in total. The first-order chi connectivity index (χ1) is 22.3. The summed E-state index contributed by atoms with van der Waals surface area (Å²) < 4.78 is 6.47. The highest BCUT2D eigenvalue weighted by Gasteiger charge is 2.19. The second-order valence-electron chi connectivity index (χ2n) is 11.3. The van der Waals surface area contributed by atoms with Crippen molar-refractivity contribution < 1.29 is 4.42 Å². The highest BCUT2D eigenvalue weighted by atomic mass is 16.3. The van der Waals surface area contributed by atoms with Crippen molar-refractivity contribution in [2.24, 2.45) is 0 Å². The fourth-order valence-electron chi connectivity index (χ4n) is 6.25. The molecule has 0 fully saturated rings. The van der Waals surface area contributed by atoms with Gasteiger partial charge in [0.2, 0.25) is 0 Å². The lowest BCUT2D eigenvalue weighted by molar-refractivity contribution is 0.669. The van der Waals surface area contributed by atoms with Gasteiger partial charge in [-0.25, -0.2) is 15.0 Å². The van der Waals surface area contributed by atoms with E-state index in [1.54, 1.807) is 0 Å². The lowest BCUT2D eigenvalue weighted by atomic mass is 9.95. The summed E-state index contributed by atoms with van der Waals surface area (Å²) in [7, 11) is 0. The van der Waals surface area contributed by atoms with Gasteiger partial charge in [-0.15, -0.1) is 0 Å². The highest BCUT2D eigenvalue weighted by molar-refractivity contribution is 6.14.